The number of unbranched alkanes of at least 4 members (excludes halogenated alkanes) is 2. The van der Waals surface area contributed by atoms with Gasteiger partial charge in [0.2, 0.25) is 5.91 Å². The molecule has 1 amide bonds. The largest absolute Gasteiger partial charge is 0.487 e. The summed E-state index contributed by atoms with van der Waals surface area (Å²) in [4.78, 5) is 24.8. The van der Waals surface area contributed by atoms with E-state index in [0.29, 0.717) is 25.9 Å². The Balaban J connectivity index is 1.82. The number of aryl methyl sites for hydroxylation is 1. The summed E-state index contributed by atoms with van der Waals surface area (Å²) >= 11 is 0. The highest BCUT2D eigenvalue weighted by atomic mass is 16.6. The molecule has 156 valence electrons. The summed E-state index contributed by atoms with van der Waals surface area (Å²) in [6, 6.07) is 12.7. The zero-order chi connectivity index (χ0) is 21.4. The van der Waals surface area contributed by atoms with Crippen LogP contribution in [0.25, 0.3) is 0 Å². The van der Waals surface area contributed by atoms with Crippen LogP contribution in [0, 0.1) is 17.0 Å². The quantitative estimate of drug-likeness (QED) is 0.358. The minimum Gasteiger partial charge on any atom is -0.487 e. The summed E-state index contributed by atoms with van der Waals surface area (Å²) < 4.78 is 5.65. The van der Waals surface area contributed by atoms with Gasteiger partial charge in [-0.25, -0.2) is 0 Å². The number of ether oxygens (including phenoxy) is 1. The smallest absolute Gasteiger partial charge is 0.316 e. The summed E-state index contributed by atoms with van der Waals surface area (Å²) in [6.07, 6.45) is 1.65. The van der Waals surface area contributed by atoms with Crippen molar-refractivity contribution < 1.29 is 19.6 Å². The molecule has 0 spiro atoms. The Morgan fingerprint density at radius 1 is 1.21 bits per heavy atom. The number of benzene rings is 2. The molecule has 0 aromatic heterocycles. The van der Waals surface area contributed by atoms with Crippen molar-refractivity contribution in [2.24, 2.45) is 0 Å². The van der Waals surface area contributed by atoms with Crippen molar-refractivity contribution in [1.82, 2.24) is 0 Å². The topological polar surface area (TPSA) is 92.9 Å². The molecule has 0 heterocycles. The van der Waals surface area contributed by atoms with E-state index in [1.807, 2.05) is 30.3 Å². The van der Waals surface area contributed by atoms with Gasteiger partial charge in [-0.2, -0.15) is 0 Å². The number of nitrogens with zero attached hydrogens (tertiary/aromatic N) is 2. The lowest BCUT2D eigenvalue weighted by molar-refractivity contribution is -0.387. The molecule has 0 bridgehead atoms. The second-order valence-electron chi connectivity index (χ2n) is 7.08. The van der Waals surface area contributed by atoms with E-state index < -0.39 is 11.0 Å². The van der Waals surface area contributed by atoms with E-state index >= 15 is 0 Å². The third-order valence-corrected chi connectivity index (χ3v) is 4.69. The van der Waals surface area contributed by atoms with Gasteiger partial charge in [-0.05, 0) is 62.9 Å². The van der Waals surface area contributed by atoms with E-state index in [-0.39, 0.29) is 22.9 Å². The van der Waals surface area contributed by atoms with Gasteiger partial charge in [0, 0.05) is 19.2 Å². The van der Waals surface area contributed by atoms with Crippen LogP contribution >= 0.6 is 0 Å². The molecule has 0 aliphatic heterocycles. The summed E-state index contributed by atoms with van der Waals surface area (Å²) in [6.45, 7) is 3.61. The van der Waals surface area contributed by atoms with E-state index in [0.717, 1.165) is 17.7 Å². The van der Waals surface area contributed by atoms with Crippen molar-refractivity contribution in [2.75, 3.05) is 18.6 Å². The average molecular weight is 400 g/mol. The van der Waals surface area contributed by atoms with Crippen LogP contribution in [0.15, 0.2) is 42.5 Å². The van der Waals surface area contributed by atoms with Crippen molar-refractivity contribution in [1.29, 1.82) is 0 Å². The van der Waals surface area contributed by atoms with Crippen molar-refractivity contribution in [3.05, 3.63) is 63.7 Å². The van der Waals surface area contributed by atoms with Gasteiger partial charge in [-0.1, -0.05) is 18.2 Å². The van der Waals surface area contributed by atoms with Crippen LogP contribution in [0.1, 0.15) is 49.8 Å². The van der Waals surface area contributed by atoms with Crippen LogP contribution in [-0.4, -0.2) is 29.6 Å². The molecule has 2 rings (SSSR count). The van der Waals surface area contributed by atoms with E-state index in [9.17, 15) is 20.0 Å². The number of para-hydroxylation sites is 1. The van der Waals surface area contributed by atoms with Crippen LogP contribution < -0.4 is 9.64 Å². The zero-order valence-electron chi connectivity index (χ0n) is 17.1. The summed E-state index contributed by atoms with van der Waals surface area (Å²) in [7, 11) is 1.76. The number of carbonyl (C=O) groups excluding carboxylic acids is 1. The van der Waals surface area contributed by atoms with Gasteiger partial charge in [0.05, 0.1) is 23.2 Å². The SMILES string of the molecule is Cc1cc(OCCCCCC(=O)N(C)c2ccccc2)c([N+](=O)[O-])c(C(C)O)c1. The van der Waals surface area contributed by atoms with E-state index in [1.54, 1.807) is 31.0 Å². The Kier molecular flexibility index (Phi) is 8.15. The average Bonchev–Trinajstić information content (AvgIpc) is 2.69. The molecule has 0 fully saturated rings. The van der Waals surface area contributed by atoms with Crippen LogP contribution in [0.3, 0.4) is 0 Å². The Morgan fingerprint density at radius 3 is 2.52 bits per heavy atom. The van der Waals surface area contributed by atoms with Crippen LogP contribution in [0.4, 0.5) is 11.4 Å². The first-order valence-electron chi connectivity index (χ1n) is 9.72. The first-order valence-corrected chi connectivity index (χ1v) is 9.72. The van der Waals surface area contributed by atoms with Gasteiger partial charge in [0.25, 0.3) is 0 Å². The molecule has 7 heteroatoms. The van der Waals surface area contributed by atoms with Crippen LogP contribution in [-0.2, 0) is 4.79 Å². The summed E-state index contributed by atoms with van der Waals surface area (Å²) in [5.74, 6) is 0.221. The molecule has 7 nitrogen and oxygen atoms in total. The number of aliphatic hydroxyl groups excluding tert-OH is 1. The maximum Gasteiger partial charge on any atom is 0.316 e. The molecule has 1 N–H and O–H groups in total. The Hall–Kier alpha value is -2.93. The normalized spacial score (nSPS) is 11.7. The second kappa shape index (κ2) is 10.6. The number of rotatable bonds is 10. The van der Waals surface area contributed by atoms with Crippen molar-refractivity contribution in [3.63, 3.8) is 0 Å². The number of anilines is 1. The summed E-state index contributed by atoms with van der Waals surface area (Å²) in [5, 5.41) is 21.2. The van der Waals surface area contributed by atoms with Gasteiger partial charge in [0.1, 0.15) is 0 Å². The molecule has 0 aliphatic carbocycles. The number of amides is 1. The molecule has 1 unspecified atom stereocenters. The Bertz CT molecular complexity index is 837. The minimum absolute atomic E-state index is 0.0491. The second-order valence-corrected chi connectivity index (χ2v) is 7.08. The predicted octanol–water partition coefficient (Wildman–Crippen LogP) is 4.56. The number of aliphatic hydroxyl groups is 1. The van der Waals surface area contributed by atoms with Crippen molar-refractivity contribution in [3.8, 4) is 5.75 Å². The highest BCUT2D eigenvalue weighted by Crippen LogP contribution is 2.36. The van der Waals surface area contributed by atoms with Crippen molar-refractivity contribution >= 4 is 17.3 Å². The van der Waals surface area contributed by atoms with E-state index in [2.05, 4.69) is 0 Å². The minimum atomic E-state index is -0.953. The molecule has 0 radical (unpaired) electrons. The number of hydrogen-bond donors (Lipinski definition) is 1. The zero-order valence-corrected chi connectivity index (χ0v) is 17.1. The number of nitro groups is 1. The van der Waals surface area contributed by atoms with Gasteiger partial charge in [-0.15, -0.1) is 0 Å². The fraction of sp³-hybridized carbons (Fsp3) is 0.409. The molecule has 0 saturated heterocycles. The third-order valence-electron chi connectivity index (χ3n) is 4.69. The van der Waals surface area contributed by atoms with Gasteiger partial charge in [-0.3, -0.25) is 14.9 Å². The van der Waals surface area contributed by atoms with Gasteiger partial charge in [0.15, 0.2) is 5.75 Å². The van der Waals surface area contributed by atoms with Crippen LogP contribution in [0.5, 0.6) is 5.75 Å². The van der Waals surface area contributed by atoms with Crippen LogP contribution in [0.2, 0.25) is 0 Å². The molecule has 1 atom stereocenters. The van der Waals surface area contributed by atoms with Gasteiger partial charge < -0.3 is 14.7 Å². The highest BCUT2D eigenvalue weighted by molar-refractivity contribution is 5.92. The Labute approximate surface area is 171 Å². The van der Waals surface area contributed by atoms with Gasteiger partial charge >= 0.3 is 5.69 Å². The first kappa shape index (κ1) is 22.4. The molecular weight excluding hydrogens is 372 g/mol. The van der Waals surface area contributed by atoms with E-state index in [1.165, 1.54) is 6.92 Å². The maximum absolute atomic E-state index is 12.3. The lowest BCUT2D eigenvalue weighted by Gasteiger charge is -2.17. The molecule has 0 aliphatic rings. The first-order chi connectivity index (χ1) is 13.8. The number of carbonyl (C=O) groups is 1. The predicted molar refractivity (Wildman–Crippen MR) is 112 cm³/mol. The number of nitro benzene ring substituents is 1. The third kappa shape index (κ3) is 6.29. The standard InChI is InChI=1S/C22H28N2O5/c1-16-14-19(17(2)25)22(24(27)28)20(15-16)29-13-9-5-8-12-21(26)23(3)18-10-6-4-7-11-18/h4,6-7,10-11,14-15,17,25H,5,8-9,12-13H2,1-3H3. The Morgan fingerprint density at radius 2 is 1.90 bits per heavy atom. The maximum atomic E-state index is 12.3. The summed E-state index contributed by atoms with van der Waals surface area (Å²) in [5.41, 5.74) is 1.71. The lowest BCUT2D eigenvalue weighted by atomic mass is 10.0. The number of hydrogen-bond acceptors (Lipinski definition) is 5. The monoisotopic (exact) mass is 400 g/mol. The highest BCUT2D eigenvalue weighted by Gasteiger charge is 2.24. The van der Waals surface area contributed by atoms with Crippen molar-refractivity contribution in [2.45, 2.75) is 45.6 Å². The molecule has 29 heavy (non-hydrogen) atoms. The molecule has 2 aromatic rings. The lowest BCUT2D eigenvalue weighted by Crippen LogP contribution is -2.25. The fourth-order valence-corrected chi connectivity index (χ4v) is 3.10. The fourth-order valence-electron chi connectivity index (χ4n) is 3.10. The molecular formula is C22H28N2O5. The van der Waals surface area contributed by atoms with E-state index in [4.69, 9.17) is 4.74 Å². The molecule has 2 aromatic carbocycles. The molecule has 0 saturated carbocycles.